The zero-order chi connectivity index (χ0) is 14.2. The second-order valence-corrected chi connectivity index (χ2v) is 6.72. The van der Waals surface area contributed by atoms with Gasteiger partial charge in [0.15, 0.2) is 9.84 Å². The normalized spacial score (nSPS) is 15.1. The van der Waals surface area contributed by atoms with E-state index >= 15 is 0 Å². The van der Waals surface area contributed by atoms with Crippen LogP contribution in [0.25, 0.3) is 0 Å². The number of esters is 1. The maximum absolute atomic E-state index is 11.9. The van der Waals surface area contributed by atoms with Crippen LogP contribution in [0, 0.1) is 5.92 Å². The van der Waals surface area contributed by atoms with Crippen LogP contribution < -0.4 is 5.32 Å². The van der Waals surface area contributed by atoms with Crippen molar-refractivity contribution in [1.29, 1.82) is 0 Å². The van der Waals surface area contributed by atoms with Crippen molar-refractivity contribution < 1.29 is 17.9 Å². The van der Waals surface area contributed by atoms with Crippen LogP contribution in [0.1, 0.15) is 33.6 Å². The monoisotopic (exact) mass is 279 g/mol. The maximum atomic E-state index is 11.9. The predicted molar refractivity (Wildman–Crippen MR) is 72.2 cm³/mol. The molecule has 0 rings (SSSR count). The van der Waals surface area contributed by atoms with E-state index in [0.29, 0.717) is 0 Å². The van der Waals surface area contributed by atoms with Gasteiger partial charge in [-0.25, -0.2) is 8.42 Å². The van der Waals surface area contributed by atoms with Gasteiger partial charge < -0.3 is 10.1 Å². The summed E-state index contributed by atoms with van der Waals surface area (Å²) in [5.74, 6) is -0.259. The van der Waals surface area contributed by atoms with Gasteiger partial charge in [-0.3, -0.25) is 4.79 Å². The molecule has 6 heteroatoms. The number of carbonyl (C=O) groups excluding carboxylic acids is 1. The minimum Gasteiger partial charge on any atom is -0.469 e. The van der Waals surface area contributed by atoms with Gasteiger partial charge in [0.1, 0.15) is 0 Å². The fourth-order valence-electron chi connectivity index (χ4n) is 1.67. The molecular formula is C12H25NO4S. The zero-order valence-corrected chi connectivity index (χ0v) is 12.5. The minimum absolute atomic E-state index is 0.0531. The Morgan fingerprint density at radius 1 is 1.33 bits per heavy atom. The predicted octanol–water partition coefficient (Wildman–Crippen LogP) is 0.988. The molecule has 0 saturated carbocycles. The average molecular weight is 279 g/mol. The number of sulfone groups is 1. The van der Waals surface area contributed by atoms with Crippen LogP contribution in [0.2, 0.25) is 0 Å². The van der Waals surface area contributed by atoms with Gasteiger partial charge in [0, 0.05) is 6.04 Å². The fraction of sp³-hybridized carbons (Fsp3) is 0.917. The third kappa shape index (κ3) is 6.96. The fourth-order valence-corrected chi connectivity index (χ4v) is 3.31. The molecule has 0 aliphatic carbocycles. The first-order valence-corrected chi connectivity index (χ1v) is 8.19. The minimum atomic E-state index is -3.23. The van der Waals surface area contributed by atoms with E-state index < -0.39 is 15.8 Å². The van der Waals surface area contributed by atoms with Gasteiger partial charge in [0.2, 0.25) is 0 Å². The quantitative estimate of drug-likeness (QED) is 0.637. The van der Waals surface area contributed by atoms with Gasteiger partial charge >= 0.3 is 5.97 Å². The van der Waals surface area contributed by atoms with Crippen LogP contribution in [0.5, 0.6) is 0 Å². The van der Waals surface area contributed by atoms with E-state index in [-0.39, 0.29) is 29.9 Å². The summed E-state index contributed by atoms with van der Waals surface area (Å²) in [6.07, 6.45) is 0.850. The van der Waals surface area contributed by atoms with Gasteiger partial charge in [-0.1, -0.05) is 27.2 Å². The Kier molecular flexibility index (Phi) is 8.18. The van der Waals surface area contributed by atoms with Crippen molar-refractivity contribution in [2.24, 2.45) is 5.92 Å². The van der Waals surface area contributed by atoms with Crippen molar-refractivity contribution in [3.8, 4) is 0 Å². The lowest BCUT2D eigenvalue weighted by Gasteiger charge is -2.23. The number of ether oxygens (including phenoxy) is 1. The van der Waals surface area contributed by atoms with E-state index in [1.807, 2.05) is 20.8 Å². The van der Waals surface area contributed by atoms with Crippen LogP contribution in [-0.2, 0) is 19.4 Å². The van der Waals surface area contributed by atoms with Crippen molar-refractivity contribution in [2.45, 2.75) is 39.7 Å². The number of hydrogen-bond donors (Lipinski definition) is 1. The van der Waals surface area contributed by atoms with E-state index in [2.05, 4.69) is 10.1 Å². The number of hydrogen-bond acceptors (Lipinski definition) is 5. The van der Waals surface area contributed by atoms with Crippen LogP contribution in [0.15, 0.2) is 0 Å². The summed E-state index contributed by atoms with van der Waals surface area (Å²) in [4.78, 5) is 11.0. The Labute approximate surface area is 110 Å². The van der Waals surface area contributed by atoms with Gasteiger partial charge in [0.05, 0.1) is 25.0 Å². The molecule has 0 aromatic heterocycles. The summed E-state index contributed by atoms with van der Waals surface area (Å²) in [6, 6.07) is -0.0531. The smallest absolute Gasteiger partial charge is 0.306 e. The van der Waals surface area contributed by atoms with E-state index in [0.717, 1.165) is 13.0 Å². The molecule has 0 fully saturated rings. The molecule has 2 atom stereocenters. The first kappa shape index (κ1) is 17.4. The Bertz CT molecular complexity index is 340. The van der Waals surface area contributed by atoms with Crippen LogP contribution in [0.4, 0.5) is 0 Å². The first-order chi connectivity index (χ1) is 8.36. The van der Waals surface area contributed by atoms with Crippen molar-refractivity contribution in [1.82, 2.24) is 5.32 Å². The molecule has 0 aliphatic heterocycles. The van der Waals surface area contributed by atoms with E-state index in [4.69, 9.17) is 0 Å². The third-order valence-electron chi connectivity index (χ3n) is 3.08. The molecule has 5 nitrogen and oxygen atoms in total. The van der Waals surface area contributed by atoms with Crippen LogP contribution >= 0.6 is 0 Å². The van der Waals surface area contributed by atoms with E-state index in [1.54, 1.807) is 0 Å². The van der Waals surface area contributed by atoms with E-state index in [9.17, 15) is 13.2 Å². The topological polar surface area (TPSA) is 72.5 Å². The second kappa shape index (κ2) is 8.48. The Morgan fingerprint density at radius 3 is 2.39 bits per heavy atom. The lowest BCUT2D eigenvalue weighted by atomic mass is 10.0. The second-order valence-electron chi connectivity index (χ2n) is 4.49. The van der Waals surface area contributed by atoms with Gasteiger partial charge in [0.25, 0.3) is 0 Å². The van der Waals surface area contributed by atoms with Crippen LogP contribution in [0.3, 0.4) is 0 Å². The molecule has 18 heavy (non-hydrogen) atoms. The summed E-state index contributed by atoms with van der Waals surface area (Å²) >= 11 is 0. The highest BCUT2D eigenvalue weighted by atomic mass is 32.2. The van der Waals surface area contributed by atoms with Gasteiger partial charge in [-0.2, -0.15) is 0 Å². The van der Waals surface area contributed by atoms with Gasteiger partial charge in [-0.05, 0) is 12.5 Å². The van der Waals surface area contributed by atoms with Gasteiger partial charge in [-0.15, -0.1) is 0 Å². The van der Waals surface area contributed by atoms with Crippen LogP contribution in [-0.4, -0.2) is 45.6 Å². The Balaban J connectivity index is 4.46. The lowest BCUT2D eigenvalue weighted by molar-refractivity contribution is -0.140. The van der Waals surface area contributed by atoms with Crippen molar-refractivity contribution in [2.75, 3.05) is 25.2 Å². The van der Waals surface area contributed by atoms with Crippen molar-refractivity contribution in [3.05, 3.63) is 0 Å². The molecule has 0 aliphatic rings. The number of nitrogens with one attached hydrogen (secondary N) is 1. The van der Waals surface area contributed by atoms with E-state index in [1.165, 1.54) is 7.11 Å². The molecule has 0 heterocycles. The summed E-state index contributed by atoms with van der Waals surface area (Å²) in [5, 5.41) is 3.20. The molecule has 0 bridgehead atoms. The Hall–Kier alpha value is -0.620. The molecule has 0 saturated heterocycles. The van der Waals surface area contributed by atoms with Crippen molar-refractivity contribution >= 4 is 15.8 Å². The highest BCUT2D eigenvalue weighted by Gasteiger charge is 2.23. The third-order valence-corrected chi connectivity index (χ3v) is 4.77. The molecule has 0 radical (unpaired) electrons. The summed E-state index contributed by atoms with van der Waals surface area (Å²) in [6.45, 7) is 6.76. The molecule has 2 unspecified atom stereocenters. The van der Waals surface area contributed by atoms with Crippen molar-refractivity contribution in [3.63, 3.8) is 0 Å². The molecule has 0 aromatic rings. The lowest BCUT2D eigenvalue weighted by Crippen LogP contribution is -2.41. The molecule has 0 aromatic carbocycles. The largest absolute Gasteiger partial charge is 0.469 e. The average Bonchev–Trinajstić information content (AvgIpc) is 2.34. The highest BCUT2D eigenvalue weighted by molar-refractivity contribution is 7.91. The number of methoxy groups -OCH3 is 1. The zero-order valence-electron chi connectivity index (χ0n) is 11.7. The molecule has 108 valence electrons. The number of rotatable bonds is 9. The maximum Gasteiger partial charge on any atom is 0.306 e. The highest BCUT2D eigenvalue weighted by Crippen LogP contribution is 2.11. The molecule has 1 N–H and O–H groups in total. The summed E-state index contributed by atoms with van der Waals surface area (Å²) in [5.41, 5.74) is 0. The molecular weight excluding hydrogens is 254 g/mol. The number of carbonyl (C=O) groups is 1. The summed E-state index contributed by atoms with van der Waals surface area (Å²) in [7, 11) is -1.97. The standard InChI is InChI=1S/C12H25NO4S/c1-5-10(3)11(13-6-2)9-18(15,16)8-7-12(14)17-4/h10-11,13H,5-9H2,1-4H3. The Morgan fingerprint density at radius 2 is 1.94 bits per heavy atom. The first-order valence-electron chi connectivity index (χ1n) is 6.36. The SMILES string of the molecule is CCNC(CS(=O)(=O)CCC(=O)OC)C(C)CC. The molecule has 0 amide bonds. The molecule has 0 spiro atoms. The summed E-state index contributed by atoms with van der Waals surface area (Å²) < 4.78 is 28.3.